The second kappa shape index (κ2) is 10.8. The fraction of sp³-hybridized carbons (Fsp3) is 0. The van der Waals surface area contributed by atoms with Gasteiger partial charge < -0.3 is 0 Å². The molecule has 1 heteroatoms. The van der Waals surface area contributed by atoms with E-state index in [4.69, 9.17) is 4.98 Å². The molecule has 1 heterocycles. The van der Waals surface area contributed by atoms with Gasteiger partial charge in [0.1, 0.15) is 0 Å². The quantitative estimate of drug-likeness (QED) is 0.188. The Morgan fingerprint density at radius 1 is 0.304 bits per heavy atom. The molecule has 1 nitrogen and oxygen atoms in total. The summed E-state index contributed by atoms with van der Waals surface area (Å²) in [5.74, 6) is 0. The van der Waals surface area contributed by atoms with Gasteiger partial charge in [-0.1, -0.05) is 146 Å². The van der Waals surface area contributed by atoms with E-state index in [2.05, 4.69) is 170 Å². The van der Waals surface area contributed by atoms with Crippen LogP contribution < -0.4 is 0 Å². The lowest BCUT2D eigenvalue weighted by atomic mass is 9.82. The van der Waals surface area contributed by atoms with Gasteiger partial charge in [-0.3, -0.25) is 4.98 Å². The number of aromatic nitrogens is 1. The highest BCUT2D eigenvalue weighted by Gasteiger charge is 2.20. The summed E-state index contributed by atoms with van der Waals surface area (Å²) in [6.07, 6.45) is 3.98. The predicted molar refractivity (Wildman–Crippen MR) is 196 cm³/mol. The number of pyridine rings is 1. The molecule has 46 heavy (non-hydrogen) atoms. The molecule has 0 aliphatic rings. The monoisotopic (exact) mass is 583 g/mol. The Morgan fingerprint density at radius 2 is 0.717 bits per heavy atom. The first kappa shape index (κ1) is 26.4. The van der Waals surface area contributed by atoms with Crippen molar-refractivity contribution in [3.05, 3.63) is 176 Å². The van der Waals surface area contributed by atoms with Crippen LogP contribution in [0.15, 0.2) is 176 Å². The molecule has 0 bridgehead atoms. The summed E-state index contributed by atoms with van der Waals surface area (Å²) < 4.78 is 0. The van der Waals surface area contributed by atoms with Gasteiger partial charge in [0.2, 0.25) is 0 Å². The van der Waals surface area contributed by atoms with E-state index in [-0.39, 0.29) is 0 Å². The summed E-state index contributed by atoms with van der Waals surface area (Å²) in [6.45, 7) is 0. The van der Waals surface area contributed by atoms with Crippen LogP contribution in [0, 0.1) is 0 Å². The van der Waals surface area contributed by atoms with Gasteiger partial charge in [-0.15, -0.1) is 0 Å². The maximum atomic E-state index is 4.70. The summed E-state index contributed by atoms with van der Waals surface area (Å²) >= 11 is 0. The van der Waals surface area contributed by atoms with Crippen molar-refractivity contribution in [2.75, 3.05) is 0 Å². The van der Waals surface area contributed by atoms with Gasteiger partial charge >= 0.3 is 0 Å². The molecule has 0 saturated heterocycles. The summed E-state index contributed by atoms with van der Waals surface area (Å²) in [5.41, 5.74) is 9.75. The fourth-order valence-electron chi connectivity index (χ4n) is 7.22. The molecular weight excluding hydrogens is 555 g/mol. The van der Waals surface area contributed by atoms with Gasteiger partial charge in [0.25, 0.3) is 0 Å². The molecule has 0 amide bonds. The van der Waals surface area contributed by atoms with Crippen LogP contribution in [0.3, 0.4) is 0 Å². The Balaban J connectivity index is 1.34. The van der Waals surface area contributed by atoms with E-state index in [0.717, 1.165) is 5.39 Å². The largest absolute Gasteiger partial charge is 0.264 e. The number of benzene rings is 8. The maximum Gasteiger partial charge on any atom is 0.0353 e. The van der Waals surface area contributed by atoms with Gasteiger partial charge in [0.05, 0.1) is 0 Å². The molecule has 0 aliphatic carbocycles. The van der Waals surface area contributed by atoms with E-state index in [1.807, 2.05) is 6.20 Å². The molecule has 8 aromatic carbocycles. The van der Waals surface area contributed by atoms with Crippen molar-refractivity contribution in [3.8, 4) is 44.5 Å². The Kier molecular flexibility index (Phi) is 6.21. The Bertz CT molecular complexity index is 2360. The Labute approximate surface area is 268 Å². The minimum absolute atomic E-state index is 1.15. The molecule has 0 atom stereocenters. The van der Waals surface area contributed by atoms with Crippen LogP contribution in [0.5, 0.6) is 0 Å². The van der Waals surface area contributed by atoms with Crippen molar-refractivity contribution >= 4 is 43.1 Å². The van der Waals surface area contributed by atoms with Gasteiger partial charge in [-0.2, -0.15) is 0 Å². The van der Waals surface area contributed by atoms with Gasteiger partial charge in [-0.25, -0.2) is 0 Å². The van der Waals surface area contributed by atoms with E-state index in [0.29, 0.717) is 0 Å². The van der Waals surface area contributed by atoms with Crippen molar-refractivity contribution in [1.29, 1.82) is 0 Å². The third-order valence-corrected chi connectivity index (χ3v) is 9.34. The van der Waals surface area contributed by atoms with Gasteiger partial charge in [-0.05, 0) is 100 Å². The second-order valence-corrected chi connectivity index (χ2v) is 11.9. The minimum Gasteiger partial charge on any atom is -0.264 e. The molecule has 0 unspecified atom stereocenters. The van der Waals surface area contributed by atoms with Crippen molar-refractivity contribution in [2.24, 2.45) is 0 Å². The number of nitrogens with zero attached hydrogens (tertiary/aromatic N) is 1. The first-order valence-electron chi connectivity index (χ1n) is 15.8. The normalized spacial score (nSPS) is 11.5. The SMILES string of the molecule is c1ccc(-c2c3ccccc3c(-c3ccccc3-c3ccc4ccccc4c3)c3cnccc23)c(-c2ccc3ccccc3c2)c1. The lowest BCUT2D eigenvalue weighted by molar-refractivity contribution is 1.37. The molecule has 0 aliphatic heterocycles. The lowest BCUT2D eigenvalue weighted by Gasteiger charge is -2.21. The van der Waals surface area contributed by atoms with Crippen LogP contribution >= 0.6 is 0 Å². The predicted octanol–water partition coefficient (Wildman–Crippen LogP) is 12.4. The summed E-state index contributed by atoms with van der Waals surface area (Å²) in [5, 5.41) is 9.79. The average Bonchev–Trinajstić information content (AvgIpc) is 3.13. The van der Waals surface area contributed by atoms with Crippen LogP contribution in [-0.2, 0) is 0 Å². The average molecular weight is 584 g/mol. The highest BCUT2D eigenvalue weighted by molar-refractivity contribution is 6.23. The fourth-order valence-corrected chi connectivity index (χ4v) is 7.22. The molecule has 0 radical (unpaired) electrons. The molecule has 9 aromatic rings. The zero-order valence-corrected chi connectivity index (χ0v) is 25.2. The molecule has 0 N–H and O–H groups in total. The third kappa shape index (κ3) is 4.29. The highest BCUT2D eigenvalue weighted by Crippen LogP contribution is 2.47. The van der Waals surface area contributed by atoms with E-state index < -0.39 is 0 Å². The molecule has 0 saturated carbocycles. The van der Waals surface area contributed by atoms with Crippen molar-refractivity contribution < 1.29 is 0 Å². The van der Waals surface area contributed by atoms with E-state index in [1.165, 1.54) is 82.2 Å². The first-order chi connectivity index (χ1) is 22.8. The van der Waals surface area contributed by atoms with E-state index >= 15 is 0 Å². The van der Waals surface area contributed by atoms with E-state index in [9.17, 15) is 0 Å². The summed E-state index contributed by atoms with van der Waals surface area (Å²) in [6, 6.07) is 59.4. The van der Waals surface area contributed by atoms with Crippen molar-refractivity contribution in [1.82, 2.24) is 4.98 Å². The Hall–Kier alpha value is -6.05. The highest BCUT2D eigenvalue weighted by atomic mass is 14.6. The van der Waals surface area contributed by atoms with Crippen molar-refractivity contribution in [2.45, 2.75) is 0 Å². The topological polar surface area (TPSA) is 12.9 Å². The van der Waals surface area contributed by atoms with Crippen LogP contribution in [0.4, 0.5) is 0 Å². The Morgan fingerprint density at radius 3 is 1.26 bits per heavy atom. The lowest BCUT2D eigenvalue weighted by Crippen LogP contribution is -1.94. The molecule has 0 fully saturated rings. The van der Waals surface area contributed by atoms with Crippen molar-refractivity contribution in [3.63, 3.8) is 0 Å². The van der Waals surface area contributed by atoms with Crippen LogP contribution in [0.25, 0.3) is 87.6 Å². The maximum absolute atomic E-state index is 4.70. The second-order valence-electron chi connectivity index (χ2n) is 11.9. The van der Waals surface area contributed by atoms with E-state index in [1.54, 1.807) is 0 Å². The molecule has 9 rings (SSSR count). The minimum atomic E-state index is 1.15. The summed E-state index contributed by atoms with van der Waals surface area (Å²) in [4.78, 5) is 4.70. The standard InChI is InChI=1S/C45H29N/c1-3-13-32-27-34(23-21-30(32)11-1)36-15-5-7-17-38(36)44-40-19-9-10-20-41(40)45(43-29-46-26-25-42(43)44)39-18-8-6-16-37(39)35-24-22-31-12-2-4-14-33(31)28-35/h1-29H. The number of hydrogen-bond donors (Lipinski definition) is 0. The smallest absolute Gasteiger partial charge is 0.0353 e. The molecule has 214 valence electrons. The number of hydrogen-bond acceptors (Lipinski definition) is 1. The molecule has 0 spiro atoms. The van der Waals surface area contributed by atoms with Crippen LogP contribution in [0.2, 0.25) is 0 Å². The van der Waals surface area contributed by atoms with Crippen LogP contribution in [-0.4, -0.2) is 4.98 Å². The van der Waals surface area contributed by atoms with Gasteiger partial charge in [0, 0.05) is 17.8 Å². The molecular formula is C45H29N. The van der Waals surface area contributed by atoms with Gasteiger partial charge in [0.15, 0.2) is 0 Å². The third-order valence-electron chi connectivity index (χ3n) is 9.34. The van der Waals surface area contributed by atoms with Crippen LogP contribution in [0.1, 0.15) is 0 Å². The molecule has 1 aromatic heterocycles. The zero-order chi connectivity index (χ0) is 30.5. The number of rotatable bonds is 4. The number of fused-ring (bicyclic) bond motifs is 4. The summed E-state index contributed by atoms with van der Waals surface area (Å²) in [7, 11) is 0. The first-order valence-corrected chi connectivity index (χ1v) is 15.8. The zero-order valence-electron chi connectivity index (χ0n) is 25.2.